The van der Waals surface area contributed by atoms with Crippen LogP contribution >= 0.6 is 0 Å². The Bertz CT molecular complexity index is 780. The summed E-state index contributed by atoms with van der Waals surface area (Å²) in [4.78, 5) is 37.8. The third-order valence-corrected chi connectivity index (χ3v) is 5.66. The fraction of sp³-hybridized carbons (Fsp3) is 0.526. The molecule has 1 aromatic rings. The summed E-state index contributed by atoms with van der Waals surface area (Å²) in [5.74, 6) is -0.831. The number of carbonyl (C=O) groups excluding carboxylic acids is 3. The molecule has 3 amide bonds. The van der Waals surface area contributed by atoms with Crippen LogP contribution in [-0.2, 0) is 22.7 Å². The van der Waals surface area contributed by atoms with Gasteiger partial charge >= 0.3 is 0 Å². The summed E-state index contributed by atoms with van der Waals surface area (Å²) in [5.41, 5.74) is 2.40. The first kappa shape index (κ1) is 18.1. The molecule has 3 N–H and O–H groups in total. The summed E-state index contributed by atoms with van der Waals surface area (Å²) < 4.78 is 14.0. The van der Waals surface area contributed by atoms with Gasteiger partial charge in [0.05, 0.1) is 0 Å². The number of nitrogens with zero attached hydrogens (tertiary/aromatic N) is 1. The van der Waals surface area contributed by atoms with Gasteiger partial charge in [0.2, 0.25) is 11.8 Å². The molecule has 2 unspecified atom stereocenters. The van der Waals surface area contributed by atoms with Crippen LogP contribution in [-0.4, -0.2) is 54.5 Å². The Morgan fingerprint density at radius 1 is 1.26 bits per heavy atom. The normalized spacial score (nSPS) is 23.8. The van der Waals surface area contributed by atoms with Gasteiger partial charge in [-0.25, -0.2) is 4.39 Å². The predicted octanol–water partition coefficient (Wildman–Crippen LogP) is 0.0947. The van der Waals surface area contributed by atoms with E-state index in [9.17, 15) is 18.8 Å². The number of nitrogens with one attached hydrogen (secondary N) is 3. The SMILES string of the molecule is O=C1CCC(N2Cc3c(CNCC(F)C4CNC4)cccc3C2=O)C(=O)N1. The lowest BCUT2D eigenvalue weighted by molar-refractivity contribution is -0.136. The van der Waals surface area contributed by atoms with Crippen LogP contribution in [0.1, 0.15) is 34.3 Å². The number of alkyl halides is 1. The zero-order valence-corrected chi connectivity index (χ0v) is 15.0. The van der Waals surface area contributed by atoms with Crippen molar-refractivity contribution in [2.24, 2.45) is 5.92 Å². The lowest BCUT2D eigenvalue weighted by Crippen LogP contribution is -2.52. The molecule has 27 heavy (non-hydrogen) atoms. The monoisotopic (exact) mass is 374 g/mol. The molecule has 3 aliphatic heterocycles. The Labute approximate surface area is 156 Å². The van der Waals surface area contributed by atoms with E-state index in [0.717, 1.165) is 24.2 Å². The predicted molar refractivity (Wildman–Crippen MR) is 95.4 cm³/mol. The second-order valence-corrected chi connectivity index (χ2v) is 7.41. The van der Waals surface area contributed by atoms with E-state index < -0.39 is 18.1 Å². The number of amides is 3. The fourth-order valence-electron chi connectivity index (χ4n) is 3.89. The first-order chi connectivity index (χ1) is 13.0. The Balaban J connectivity index is 1.42. The first-order valence-electron chi connectivity index (χ1n) is 9.35. The maximum absolute atomic E-state index is 14.0. The number of rotatable bonds is 6. The van der Waals surface area contributed by atoms with Crippen LogP contribution < -0.4 is 16.0 Å². The Morgan fingerprint density at radius 3 is 2.78 bits per heavy atom. The van der Waals surface area contributed by atoms with Gasteiger partial charge in [-0.1, -0.05) is 12.1 Å². The van der Waals surface area contributed by atoms with Crippen LogP contribution in [0.25, 0.3) is 0 Å². The number of hydrogen-bond acceptors (Lipinski definition) is 5. The van der Waals surface area contributed by atoms with Crippen molar-refractivity contribution in [1.29, 1.82) is 0 Å². The molecule has 8 heteroatoms. The Kier molecular flexibility index (Phi) is 4.92. The van der Waals surface area contributed by atoms with Gasteiger partial charge in [-0.05, 0) is 23.6 Å². The number of halogens is 1. The molecule has 0 aromatic heterocycles. The van der Waals surface area contributed by atoms with E-state index in [1.165, 1.54) is 4.90 Å². The van der Waals surface area contributed by atoms with Crippen molar-refractivity contribution in [2.45, 2.75) is 38.1 Å². The van der Waals surface area contributed by atoms with Gasteiger partial charge in [-0.15, -0.1) is 0 Å². The Hall–Kier alpha value is -2.32. The zero-order chi connectivity index (χ0) is 19.0. The first-order valence-corrected chi connectivity index (χ1v) is 9.35. The van der Waals surface area contributed by atoms with Crippen LogP contribution in [0.5, 0.6) is 0 Å². The van der Waals surface area contributed by atoms with Crippen LogP contribution in [0.4, 0.5) is 4.39 Å². The minimum atomic E-state index is -0.885. The number of piperidine rings is 1. The van der Waals surface area contributed by atoms with Crippen LogP contribution in [0, 0.1) is 5.92 Å². The molecule has 4 rings (SSSR count). The molecule has 0 radical (unpaired) electrons. The van der Waals surface area contributed by atoms with E-state index in [0.29, 0.717) is 25.1 Å². The van der Waals surface area contributed by atoms with E-state index in [1.54, 1.807) is 6.07 Å². The van der Waals surface area contributed by atoms with E-state index in [-0.39, 0.29) is 30.7 Å². The third-order valence-electron chi connectivity index (χ3n) is 5.66. The second-order valence-electron chi connectivity index (χ2n) is 7.41. The van der Waals surface area contributed by atoms with Gasteiger partial charge in [0.15, 0.2) is 0 Å². The van der Waals surface area contributed by atoms with Crippen molar-refractivity contribution in [3.05, 3.63) is 34.9 Å². The van der Waals surface area contributed by atoms with Gasteiger partial charge < -0.3 is 15.5 Å². The number of benzene rings is 1. The summed E-state index contributed by atoms with van der Waals surface area (Å²) in [6.07, 6.45) is -0.305. The number of imide groups is 1. The lowest BCUT2D eigenvalue weighted by atomic mass is 9.97. The molecule has 3 aliphatic rings. The number of hydrogen-bond donors (Lipinski definition) is 3. The molecule has 2 atom stereocenters. The zero-order valence-electron chi connectivity index (χ0n) is 15.0. The molecular formula is C19H23FN4O3. The second kappa shape index (κ2) is 7.36. The van der Waals surface area contributed by atoms with Crippen molar-refractivity contribution in [3.63, 3.8) is 0 Å². The largest absolute Gasteiger partial charge is 0.322 e. The highest BCUT2D eigenvalue weighted by atomic mass is 19.1. The molecular weight excluding hydrogens is 351 g/mol. The van der Waals surface area contributed by atoms with E-state index in [2.05, 4.69) is 16.0 Å². The van der Waals surface area contributed by atoms with E-state index >= 15 is 0 Å². The third kappa shape index (κ3) is 3.46. The average molecular weight is 374 g/mol. The highest BCUT2D eigenvalue weighted by Crippen LogP contribution is 2.29. The van der Waals surface area contributed by atoms with Crippen LogP contribution in [0.15, 0.2) is 18.2 Å². The quantitative estimate of drug-likeness (QED) is 0.615. The molecule has 0 saturated carbocycles. The van der Waals surface area contributed by atoms with E-state index in [1.807, 2.05) is 12.1 Å². The summed E-state index contributed by atoms with van der Waals surface area (Å²) >= 11 is 0. The molecule has 0 spiro atoms. The highest BCUT2D eigenvalue weighted by molar-refractivity contribution is 6.05. The van der Waals surface area contributed by atoms with Crippen LogP contribution in [0.2, 0.25) is 0 Å². The minimum Gasteiger partial charge on any atom is -0.322 e. The number of carbonyl (C=O) groups is 3. The van der Waals surface area contributed by atoms with Gasteiger partial charge in [-0.2, -0.15) is 0 Å². The molecule has 1 aromatic carbocycles. The lowest BCUT2D eigenvalue weighted by Gasteiger charge is -2.30. The molecule has 144 valence electrons. The molecule has 0 aliphatic carbocycles. The standard InChI is InChI=1S/C19H23FN4O3/c20-15(12-7-21-8-12)9-22-6-11-2-1-3-13-14(11)10-24(19(13)27)16-4-5-17(25)23-18(16)26/h1-3,12,15-16,21-22H,4-10H2,(H,23,25,26). The van der Waals surface area contributed by atoms with Crippen LogP contribution in [0.3, 0.4) is 0 Å². The van der Waals surface area contributed by atoms with Crippen molar-refractivity contribution >= 4 is 17.7 Å². The summed E-state index contributed by atoms with van der Waals surface area (Å²) in [7, 11) is 0. The van der Waals surface area contributed by atoms with Crippen molar-refractivity contribution in [3.8, 4) is 0 Å². The summed E-state index contributed by atoms with van der Waals surface area (Å²) in [6.45, 7) is 2.53. The van der Waals surface area contributed by atoms with Crippen molar-refractivity contribution in [1.82, 2.24) is 20.9 Å². The van der Waals surface area contributed by atoms with Gasteiger partial charge in [0.25, 0.3) is 5.91 Å². The molecule has 7 nitrogen and oxygen atoms in total. The highest BCUT2D eigenvalue weighted by Gasteiger charge is 2.39. The number of fused-ring (bicyclic) bond motifs is 1. The average Bonchev–Trinajstić information content (AvgIpc) is 2.91. The van der Waals surface area contributed by atoms with Gasteiger partial charge in [0.1, 0.15) is 12.2 Å². The summed E-state index contributed by atoms with van der Waals surface area (Å²) in [6, 6.07) is 4.87. The topological polar surface area (TPSA) is 90.5 Å². The molecule has 2 saturated heterocycles. The van der Waals surface area contributed by atoms with Gasteiger partial charge in [0, 0.05) is 50.6 Å². The van der Waals surface area contributed by atoms with Crippen molar-refractivity contribution in [2.75, 3.05) is 19.6 Å². The van der Waals surface area contributed by atoms with E-state index in [4.69, 9.17) is 0 Å². The fourth-order valence-corrected chi connectivity index (χ4v) is 3.89. The maximum Gasteiger partial charge on any atom is 0.255 e. The van der Waals surface area contributed by atoms with Gasteiger partial charge in [-0.3, -0.25) is 19.7 Å². The summed E-state index contributed by atoms with van der Waals surface area (Å²) in [5, 5.41) is 8.52. The van der Waals surface area contributed by atoms with Crippen molar-refractivity contribution < 1.29 is 18.8 Å². The molecule has 3 heterocycles. The molecule has 2 fully saturated rings. The molecule has 0 bridgehead atoms. The maximum atomic E-state index is 14.0. The minimum absolute atomic E-state index is 0.0728. The smallest absolute Gasteiger partial charge is 0.255 e. The Morgan fingerprint density at radius 2 is 2.07 bits per heavy atom.